The summed E-state index contributed by atoms with van der Waals surface area (Å²) in [6.45, 7) is 15.1. The Labute approximate surface area is 253 Å². The Kier molecular flexibility index (Phi) is 30.0. The van der Waals surface area contributed by atoms with Crippen LogP contribution in [0.15, 0.2) is 42.0 Å². The second-order valence-electron chi connectivity index (χ2n) is 9.42. The van der Waals surface area contributed by atoms with Gasteiger partial charge >= 0.3 is 6.03 Å². The van der Waals surface area contributed by atoms with Gasteiger partial charge in [-0.1, -0.05) is 125 Å². The molecule has 1 saturated heterocycles. The minimum Gasteiger partial charge on any atom is -0.872 e. The summed E-state index contributed by atoms with van der Waals surface area (Å²) in [6.07, 6.45) is 15.3. The van der Waals surface area contributed by atoms with Crippen molar-refractivity contribution in [1.29, 1.82) is 0 Å². The quantitative estimate of drug-likeness (QED) is 0.185. The molecule has 0 atom stereocenters. The van der Waals surface area contributed by atoms with Gasteiger partial charge in [-0.2, -0.15) is 0 Å². The smallest absolute Gasteiger partial charge is 0.333 e. The van der Waals surface area contributed by atoms with Gasteiger partial charge in [-0.15, -0.1) is 5.75 Å². The van der Waals surface area contributed by atoms with Gasteiger partial charge in [0.25, 0.3) is 11.8 Å². The molecule has 1 aliphatic heterocycles. The maximum Gasteiger partial charge on any atom is 0.333 e. The lowest BCUT2D eigenvalue weighted by atomic mass is 10.1. The van der Waals surface area contributed by atoms with E-state index in [2.05, 4.69) is 39.5 Å². The van der Waals surface area contributed by atoms with E-state index in [1.54, 1.807) is 18.2 Å². The maximum atomic E-state index is 11.9. The fourth-order valence-electron chi connectivity index (χ4n) is 3.31. The molecule has 1 aromatic carbocycles. The molecule has 238 valence electrons. The molecule has 0 unspecified atom stereocenters. The number of carbonyl (C=O) groups excluding carboxylic acids is 3. The molecule has 1 aliphatic rings. The first kappa shape index (κ1) is 45.1. The van der Waals surface area contributed by atoms with Gasteiger partial charge in [0.05, 0.1) is 0 Å². The molecule has 1 heterocycles. The number of benzene rings is 1. The number of likely N-dealkylation sites (N-methyl/N-ethyl adjacent to an activating group) is 2. The zero-order chi connectivity index (χ0) is 28.9. The van der Waals surface area contributed by atoms with Crippen molar-refractivity contribution in [2.24, 2.45) is 0 Å². The highest BCUT2D eigenvalue weighted by atomic mass is 16.3. The van der Waals surface area contributed by atoms with Crippen LogP contribution in [0.25, 0.3) is 6.08 Å². The predicted octanol–water partition coefficient (Wildman–Crippen LogP) is 8.15. The van der Waals surface area contributed by atoms with Crippen LogP contribution < -0.4 is 5.11 Å². The Morgan fingerprint density at radius 3 is 1.41 bits per heavy atom. The molecule has 0 saturated carbocycles. The molecule has 2 rings (SSSR count). The van der Waals surface area contributed by atoms with Gasteiger partial charge in [-0.05, 0) is 50.5 Å². The molecule has 0 bridgehead atoms. The van der Waals surface area contributed by atoms with E-state index < -0.39 is 17.8 Å². The van der Waals surface area contributed by atoms with Crippen LogP contribution in [0.5, 0.6) is 5.75 Å². The summed E-state index contributed by atoms with van der Waals surface area (Å²) >= 11 is 0. The van der Waals surface area contributed by atoms with Gasteiger partial charge in [-0.25, -0.2) is 4.79 Å². The van der Waals surface area contributed by atoms with Crippen LogP contribution in [-0.4, -0.2) is 66.3 Å². The average molecular weight is 577 g/mol. The first-order valence-corrected chi connectivity index (χ1v) is 14.2. The lowest BCUT2D eigenvalue weighted by Crippen LogP contribution is -2.52. The fraction of sp³-hybridized carbons (Fsp3) is 0.618. The Hall–Kier alpha value is -2.93. The summed E-state index contributed by atoms with van der Waals surface area (Å²) in [4.78, 5) is 39.7. The van der Waals surface area contributed by atoms with Crippen molar-refractivity contribution >= 4 is 23.9 Å². The van der Waals surface area contributed by atoms with E-state index in [0.717, 1.165) is 15.4 Å². The molecular weight excluding hydrogens is 514 g/mol. The normalized spacial score (nSPS) is 12.5. The highest BCUT2D eigenvalue weighted by Crippen LogP contribution is 2.15. The molecule has 0 aromatic heterocycles. The third-order valence-electron chi connectivity index (χ3n) is 6.06. The zero-order valence-corrected chi connectivity index (χ0v) is 24.8. The standard InChI is InChI=1S/C15H14N2O4.C12H27N.C4H10.3CH4/c1-16-13(19)12(14(20)17(2)15(16)21)5-3-4-10-6-8-11(18)9-7-10;1-4-7-10-13(11-8-5-2)12-9-6-3;1-3-4-2;;;/h3-9,18H,1-2H3;4-12H2,1-3H3;3-4H2,1-2H3;3*1H4/p-1. The molecule has 7 nitrogen and oxygen atoms in total. The molecular formula is C34H62N3O4-. The molecule has 1 aromatic rings. The number of allylic oxidation sites excluding steroid dienone is 2. The third-order valence-corrected chi connectivity index (χ3v) is 6.06. The van der Waals surface area contributed by atoms with Crippen LogP contribution in [0, 0.1) is 0 Å². The van der Waals surface area contributed by atoms with Crippen molar-refractivity contribution in [3.8, 4) is 5.75 Å². The lowest BCUT2D eigenvalue weighted by Gasteiger charge is -2.28. The number of amides is 4. The second-order valence-corrected chi connectivity index (χ2v) is 9.42. The van der Waals surface area contributed by atoms with Crippen molar-refractivity contribution in [3.05, 3.63) is 47.6 Å². The molecule has 0 aliphatic carbocycles. The lowest BCUT2D eigenvalue weighted by molar-refractivity contribution is -0.268. The Balaban J connectivity index is -0.000000298. The fourth-order valence-corrected chi connectivity index (χ4v) is 3.31. The van der Waals surface area contributed by atoms with Crippen LogP contribution >= 0.6 is 0 Å². The summed E-state index contributed by atoms with van der Waals surface area (Å²) in [5.74, 6) is -1.37. The molecule has 4 amide bonds. The SMILES string of the molecule is C.C.C.CCCC.CCCCN(CCCC)CCCC.CN1C(=O)C(=CC=Cc2ccc([O-])cc2)C(=O)N(C)C1=O. The van der Waals surface area contributed by atoms with Crippen molar-refractivity contribution in [3.63, 3.8) is 0 Å². The van der Waals surface area contributed by atoms with Crippen molar-refractivity contribution in [1.82, 2.24) is 14.7 Å². The van der Waals surface area contributed by atoms with Crippen molar-refractivity contribution < 1.29 is 19.5 Å². The van der Waals surface area contributed by atoms with Crippen LogP contribution in [0.2, 0.25) is 0 Å². The van der Waals surface area contributed by atoms with E-state index >= 15 is 0 Å². The van der Waals surface area contributed by atoms with E-state index in [1.807, 2.05) is 0 Å². The highest BCUT2D eigenvalue weighted by Gasteiger charge is 2.37. The number of hydrogen-bond donors (Lipinski definition) is 0. The first-order chi connectivity index (χ1) is 18.2. The summed E-state index contributed by atoms with van der Waals surface area (Å²) in [5.41, 5.74) is 0.677. The van der Waals surface area contributed by atoms with Gasteiger partial charge < -0.3 is 10.0 Å². The average Bonchev–Trinajstić information content (AvgIpc) is 2.93. The molecule has 7 heteroatoms. The molecule has 41 heavy (non-hydrogen) atoms. The summed E-state index contributed by atoms with van der Waals surface area (Å²) in [7, 11) is 2.64. The Bertz CT molecular complexity index is 831. The summed E-state index contributed by atoms with van der Waals surface area (Å²) in [6, 6.07) is 5.44. The van der Waals surface area contributed by atoms with Gasteiger partial charge in [0.2, 0.25) is 0 Å². The number of carbonyl (C=O) groups is 3. The highest BCUT2D eigenvalue weighted by molar-refractivity contribution is 6.28. The third kappa shape index (κ3) is 18.2. The monoisotopic (exact) mass is 576 g/mol. The van der Waals surface area contributed by atoms with Crippen LogP contribution in [0.4, 0.5) is 4.79 Å². The van der Waals surface area contributed by atoms with Crippen molar-refractivity contribution in [2.75, 3.05) is 33.7 Å². The minimum atomic E-state index is -0.655. The van der Waals surface area contributed by atoms with E-state index in [9.17, 15) is 19.5 Å². The topological polar surface area (TPSA) is 84.0 Å². The molecule has 0 radical (unpaired) electrons. The molecule has 0 N–H and O–H groups in total. The van der Waals surface area contributed by atoms with E-state index in [-0.39, 0.29) is 33.6 Å². The number of imide groups is 2. The number of urea groups is 1. The van der Waals surface area contributed by atoms with Crippen LogP contribution in [0.3, 0.4) is 0 Å². The van der Waals surface area contributed by atoms with Crippen molar-refractivity contribution in [2.45, 2.75) is 108 Å². The number of nitrogens with zero attached hydrogens (tertiary/aromatic N) is 3. The maximum absolute atomic E-state index is 11.9. The minimum absolute atomic E-state index is 0. The van der Waals surface area contributed by atoms with Gasteiger partial charge in [-0.3, -0.25) is 19.4 Å². The Morgan fingerprint density at radius 1 is 0.683 bits per heavy atom. The number of rotatable bonds is 12. The predicted molar refractivity (Wildman–Crippen MR) is 176 cm³/mol. The largest absolute Gasteiger partial charge is 0.872 e. The molecule has 0 spiro atoms. The number of hydrogen-bond acceptors (Lipinski definition) is 5. The number of barbiturate groups is 1. The molecule has 1 fully saturated rings. The first-order valence-electron chi connectivity index (χ1n) is 14.2. The van der Waals surface area contributed by atoms with E-state index in [0.29, 0.717) is 0 Å². The second kappa shape index (κ2) is 27.3. The van der Waals surface area contributed by atoms with E-state index in [4.69, 9.17) is 0 Å². The van der Waals surface area contributed by atoms with Crippen LogP contribution in [0.1, 0.15) is 114 Å². The van der Waals surface area contributed by atoms with Gasteiger partial charge in [0, 0.05) is 14.1 Å². The van der Waals surface area contributed by atoms with Gasteiger partial charge in [0.1, 0.15) is 5.57 Å². The van der Waals surface area contributed by atoms with Gasteiger partial charge in [0.15, 0.2) is 0 Å². The van der Waals surface area contributed by atoms with E-state index in [1.165, 1.54) is 109 Å². The summed E-state index contributed by atoms with van der Waals surface area (Å²) in [5, 5.41) is 11.0. The Morgan fingerprint density at radius 2 is 1.07 bits per heavy atom. The zero-order valence-electron chi connectivity index (χ0n) is 24.8. The number of unbranched alkanes of at least 4 members (excludes halogenated alkanes) is 4. The van der Waals surface area contributed by atoms with Crippen LogP contribution in [-0.2, 0) is 9.59 Å². The summed E-state index contributed by atoms with van der Waals surface area (Å²) < 4.78 is 0.